The van der Waals surface area contributed by atoms with E-state index < -0.39 is 0 Å². The van der Waals surface area contributed by atoms with Gasteiger partial charge in [0.15, 0.2) is 22.1 Å². The lowest BCUT2D eigenvalue weighted by molar-refractivity contribution is -0.755. The van der Waals surface area contributed by atoms with Crippen molar-refractivity contribution < 1.29 is 9.13 Å². The number of imidazole rings is 2. The second-order valence-electron chi connectivity index (χ2n) is 17.3. The van der Waals surface area contributed by atoms with Crippen LogP contribution < -0.4 is 9.13 Å². The molecule has 4 nitrogen and oxygen atoms in total. The molecule has 2 heterocycles. The van der Waals surface area contributed by atoms with Crippen LogP contribution in [0.25, 0.3) is 33.4 Å². The molecule has 4 aromatic carbocycles. The molecule has 4 heteroatoms. The van der Waals surface area contributed by atoms with Gasteiger partial charge in [0.1, 0.15) is 24.5 Å². The first kappa shape index (κ1) is 31.1. The Bertz CT molecular complexity index is 2020. The molecule has 0 bridgehead atoms. The quantitative estimate of drug-likeness (QED) is 0.168. The molecule has 6 aromatic rings. The van der Waals surface area contributed by atoms with Crippen molar-refractivity contribution in [2.45, 2.75) is 116 Å². The van der Waals surface area contributed by atoms with E-state index in [-0.39, 0.29) is 21.7 Å². The third-order valence-corrected chi connectivity index (χ3v) is 12.2. The minimum Gasteiger partial charge on any atom is -0.225 e. The van der Waals surface area contributed by atoms with E-state index in [9.17, 15) is 0 Å². The summed E-state index contributed by atoms with van der Waals surface area (Å²) in [5.74, 6) is 0. The van der Waals surface area contributed by atoms with Crippen LogP contribution in [-0.4, -0.2) is 9.13 Å². The molecule has 0 fully saturated rings. The van der Waals surface area contributed by atoms with E-state index in [1.54, 1.807) is 0 Å². The van der Waals surface area contributed by atoms with E-state index in [1.807, 2.05) is 0 Å². The second-order valence-corrected chi connectivity index (χ2v) is 17.3. The molecule has 0 saturated heterocycles. The fourth-order valence-electron chi connectivity index (χ4n) is 8.72. The van der Waals surface area contributed by atoms with Crippen molar-refractivity contribution in [2.24, 2.45) is 0 Å². The third-order valence-electron chi connectivity index (χ3n) is 12.2. The van der Waals surface area contributed by atoms with Crippen molar-refractivity contribution in [1.29, 1.82) is 0 Å². The molecular formula is C44H52N4+2. The van der Waals surface area contributed by atoms with Crippen LogP contribution in [0.4, 0.5) is 0 Å². The summed E-state index contributed by atoms with van der Waals surface area (Å²) in [6.07, 6.45) is 9.54. The first-order chi connectivity index (χ1) is 22.8. The highest BCUT2D eigenvalue weighted by atomic mass is 15.2. The number of para-hydroxylation sites is 2. The molecule has 0 spiro atoms. The van der Waals surface area contributed by atoms with Gasteiger partial charge >= 0.3 is 0 Å². The van der Waals surface area contributed by atoms with E-state index in [2.05, 4.69) is 171 Å². The van der Waals surface area contributed by atoms with E-state index in [0.717, 1.165) is 13.1 Å². The van der Waals surface area contributed by atoms with Crippen LogP contribution in [0.3, 0.4) is 0 Å². The third kappa shape index (κ3) is 4.94. The van der Waals surface area contributed by atoms with Gasteiger partial charge in [-0.3, -0.25) is 0 Å². The molecule has 0 unspecified atom stereocenters. The summed E-state index contributed by atoms with van der Waals surface area (Å²) in [5, 5.41) is 0. The summed E-state index contributed by atoms with van der Waals surface area (Å²) in [6, 6.07) is 31.8. The van der Waals surface area contributed by atoms with Crippen LogP contribution in [0.2, 0.25) is 0 Å². The molecule has 0 saturated carbocycles. The number of rotatable bonds is 5. The summed E-state index contributed by atoms with van der Waals surface area (Å²) < 4.78 is 9.83. The fourth-order valence-corrected chi connectivity index (χ4v) is 8.72. The highest BCUT2D eigenvalue weighted by Crippen LogP contribution is 2.48. The van der Waals surface area contributed by atoms with Gasteiger partial charge in [0.2, 0.25) is 12.7 Å². The summed E-state index contributed by atoms with van der Waals surface area (Å²) in [5.41, 5.74) is 14.3. The SMILES string of the molecule is CC1(C)CCC(C)(C)c2cc3c(cc21)n(-c1ccccc1)c[n+]3CC[n+]1cn(-c2ccccc2)c2cc3c(cc21)C(C)(C)CCC3(C)C. The van der Waals surface area contributed by atoms with Gasteiger partial charge in [0.05, 0.1) is 0 Å². The van der Waals surface area contributed by atoms with Gasteiger partial charge in [0, 0.05) is 0 Å². The standard InChI is InChI=1S/C44H52N4/c1-41(2)19-21-43(5,6)35-27-39-37(25-33(35)41)45(29-47(39)31-15-11-9-12-16-31)23-24-46-30-48(32-17-13-10-14-18-32)40-28-36-34(26-38(40)46)42(3,4)20-22-44(36,7)8/h9-18,25-30H,19-24H2,1-8H3/q+2. The number of aromatic nitrogens is 4. The van der Waals surface area contributed by atoms with Crippen LogP contribution in [0.15, 0.2) is 97.6 Å². The van der Waals surface area contributed by atoms with E-state index in [0.29, 0.717) is 0 Å². The smallest absolute Gasteiger partial charge is 0.225 e. The van der Waals surface area contributed by atoms with Crippen molar-refractivity contribution in [3.8, 4) is 11.4 Å². The first-order valence-electron chi connectivity index (χ1n) is 18.1. The molecule has 48 heavy (non-hydrogen) atoms. The van der Waals surface area contributed by atoms with Gasteiger partial charge in [-0.2, -0.15) is 9.13 Å². The lowest BCUT2D eigenvalue weighted by Crippen LogP contribution is -2.44. The maximum atomic E-state index is 2.53. The molecule has 0 aliphatic heterocycles. The maximum Gasteiger partial charge on any atom is 0.250 e. The topological polar surface area (TPSA) is 17.6 Å². The van der Waals surface area contributed by atoms with Crippen molar-refractivity contribution in [2.75, 3.05) is 0 Å². The van der Waals surface area contributed by atoms with Gasteiger partial charge in [-0.25, -0.2) is 9.13 Å². The Balaban J connectivity index is 1.29. The van der Waals surface area contributed by atoms with Crippen LogP contribution in [-0.2, 0) is 34.7 Å². The van der Waals surface area contributed by atoms with Gasteiger partial charge < -0.3 is 0 Å². The monoisotopic (exact) mass is 636 g/mol. The normalized spacial score (nSPS) is 18.9. The van der Waals surface area contributed by atoms with Crippen molar-refractivity contribution >= 4 is 22.1 Å². The zero-order chi connectivity index (χ0) is 33.6. The number of hydrogen-bond acceptors (Lipinski definition) is 0. The number of aryl methyl sites for hydroxylation is 2. The lowest BCUT2D eigenvalue weighted by Gasteiger charge is -2.41. The van der Waals surface area contributed by atoms with Crippen LogP contribution in [0.5, 0.6) is 0 Å². The van der Waals surface area contributed by atoms with Crippen LogP contribution >= 0.6 is 0 Å². The van der Waals surface area contributed by atoms with Crippen LogP contribution in [0, 0.1) is 0 Å². The molecular weight excluding hydrogens is 585 g/mol. The number of nitrogens with zero attached hydrogens (tertiary/aromatic N) is 4. The average molecular weight is 637 g/mol. The minimum atomic E-state index is 0.156. The Kier molecular flexibility index (Phi) is 6.91. The minimum absolute atomic E-state index is 0.156. The molecule has 8 rings (SSSR count). The van der Waals surface area contributed by atoms with Gasteiger partial charge in [-0.05, 0) is 118 Å². The Morgan fingerprint density at radius 3 is 1.10 bits per heavy atom. The highest BCUT2D eigenvalue weighted by molar-refractivity contribution is 5.79. The van der Waals surface area contributed by atoms with Crippen molar-refractivity contribution in [3.05, 3.63) is 120 Å². The molecule has 0 radical (unpaired) electrons. The summed E-state index contributed by atoms with van der Waals surface area (Å²) in [6.45, 7) is 21.2. The summed E-state index contributed by atoms with van der Waals surface area (Å²) in [7, 11) is 0. The molecule has 2 aromatic heterocycles. The largest absolute Gasteiger partial charge is 0.250 e. The highest BCUT2D eigenvalue weighted by Gasteiger charge is 2.40. The Morgan fingerprint density at radius 1 is 0.458 bits per heavy atom. The molecule has 0 atom stereocenters. The number of benzene rings is 4. The number of fused-ring (bicyclic) bond motifs is 4. The number of hydrogen-bond donors (Lipinski definition) is 0. The zero-order valence-electron chi connectivity index (χ0n) is 30.3. The van der Waals surface area contributed by atoms with Crippen LogP contribution in [0.1, 0.15) is 103 Å². The van der Waals surface area contributed by atoms with E-state index in [4.69, 9.17) is 0 Å². The maximum absolute atomic E-state index is 2.53. The van der Waals surface area contributed by atoms with Gasteiger partial charge in [-0.1, -0.05) is 91.8 Å². The fraction of sp³-hybridized carbons (Fsp3) is 0.409. The molecule has 0 N–H and O–H groups in total. The van der Waals surface area contributed by atoms with Crippen molar-refractivity contribution in [3.63, 3.8) is 0 Å². The average Bonchev–Trinajstić information content (AvgIpc) is 3.62. The molecule has 246 valence electrons. The predicted molar refractivity (Wildman–Crippen MR) is 198 cm³/mol. The predicted octanol–water partition coefficient (Wildman–Crippen LogP) is 9.55. The lowest BCUT2D eigenvalue weighted by atomic mass is 9.63. The second kappa shape index (κ2) is 10.7. The van der Waals surface area contributed by atoms with E-state index >= 15 is 0 Å². The van der Waals surface area contributed by atoms with Gasteiger partial charge in [0.25, 0.3) is 0 Å². The molecule has 2 aliphatic carbocycles. The molecule has 0 amide bonds. The van der Waals surface area contributed by atoms with Gasteiger partial charge in [-0.15, -0.1) is 0 Å². The summed E-state index contributed by atoms with van der Waals surface area (Å²) >= 11 is 0. The summed E-state index contributed by atoms with van der Waals surface area (Å²) in [4.78, 5) is 0. The Hall–Kier alpha value is -4.18. The van der Waals surface area contributed by atoms with E-state index in [1.165, 1.54) is 81.4 Å². The Labute approximate surface area is 286 Å². The first-order valence-corrected chi connectivity index (χ1v) is 18.1. The Morgan fingerprint density at radius 2 is 0.771 bits per heavy atom. The molecule has 2 aliphatic rings. The zero-order valence-corrected chi connectivity index (χ0v) is 30.3. The van der Waals surface area contributed by atoms with Crippen molar-refractivity contribution in [1.82, 2.24) is 9.13 Å².